The highest BCUT2D eigenvalue weighted by Crippen LogP contribution is 2.36. The molecule has 22 heavy (non-hydrogen) atoms. The molecule has 1 saturated carbocycles. The van der Waals surface area contributed by atoms with E-state index in [1.807, 2.05) is 35.9 Å². The number of nitrogens with zero attached hydrogens (tertiary/aromatic N) is 4. The zero-order valence-electron chi connectivity index (χ0n) is 13.7. The molecule has 1 aromatic heterocycles. The van der Waals surface area contributed by atoms with E-state index in [9.17, 15) is 4.79 Å². The van der Waals surface area contributed by atoms with Crippen molar-refractivity contribution < 1.29 is 4.79 Å². The Balaban J connectivity index is 1.57. The fourth-order valence-electron chi connectivity index (χ4n) is 3.74. The standard InChI is InChI=1S/C16H27N5O/c1-19(2)11-12-20-10-8-15(18-20)17-16(22)21-9-4-6-13-5-3-7-14(13)21/h8,10,13-14H,3-7,9,11-12H2,1-2H3,(H,17,18,22)/t13-,14+/m1/s1. The summed E-state index contributed by atoms with van der Waals surface area (Å²) in [7, 11) is 4.08. The summed E-state index contributed by atoms with van der Waals surface area (Å²) in [5, 5.41) is 7.41. The smallest absolute Gasteiger partial charge is 0.321 e. The predicted molar refractivity (Wildman–Crippen MR) is 86.9 cm³/mol. The number of fused-ring (bicyclic) bond motifs is 1. The molecular weight excluding hydrogens is 278 g/mol. The second-order valence-corrected chi connectivity index (χ2v) is 6.79. The summed E-state index contributed by atoms with van der Waals surface area (Å²) in [4.78, 5) is 16.7. The lowest BCUT2D eigenvalue weighted by Crippen LogP contribution is -2.48. The SMILES string of the molecule is CN(C)CCn1ccc(NC(=O)N2CCC[C@H]3CCC[C@@H]32)n1. The molecule has 1 saturated heterocycles. The van der Waals surface area contributed by atoms with E-state index in [1.165, 1.54) is 19.3 Å². The lowest BCUT2D eigenvalue weighted by Gasteiger charge is -2.37. The number of anilines is 1. The first-order chi connectivity index (χ1) is 10.6. The van der Waals surface area contributed by atoms with Crippen LogP contribution in [0.4, 0.5) is 10.6 Å². The van der Waals surface area contributed by atoms with E-state index in [0.29, 0.717) is 11.9 Å². The van der Waals surface area contributed by atoms with Crippen molar-refractivity contribution in [3.63, 3.8) is 0 Å². The van der Waals surface area contributed by atoms with E-state index < -0.39 is 0 Å². The van der Waals surface area contributed by atoms with Crippen LogP contribution in [0.5, 0.6) is 0 Å². The molecular formula is C16H27N5O. The van der Waals surface area contributed by atoms with Gasteiger partial charge in [-0.1, -0.05) is 6.42 Å². The van der Waals surface area contributed by atoms with Crippen LogP contribution >= 0.6 is 0 Å². The van der Waals surface area contributed by atoms with Crippen LogP contribution < -0.4 is 5.32 Å². The number of nitrogens with one attached hydrogen (secondary N) is 1. The number of carbonyl (C=O) groups excluding carboxylic acids is 1. The van der Waals surface area contributed by atoms with Gasteiger partial charge in [0.2, 0.25) is 0 Å². The van der Waals surface area contributed by atoms with Gasteiger partial charge in [0.15, 0.2) is 5.82 Å². The number of urea groups is 1. The number of amides is 2. The van der Waals surface area contributed by atoms with Gasteiger partial charge in [0.25, 0.3) is 0 Å². The van der Waals surface area contributed by atoms with Crippen LogP contribution in [0.15, 0.2) is 12.3 Å². The molecule has 1 aliphatic heterocycles. The van der Waals surface area contributed by atoms with Crippen molar-refractivity contribution in [3.05, 3.63) is 12.3 Å². The van der Waals surface area contributed by atoms with Crippen LogP contribution in [0.25, 0.3) is 0 Å². The van der Waals surface area contributed by atoms with Crippen LogP contribution in [0.2, 0.25) is 0 Å². The van der Waals surface area contributed by atoms with Gasteiger partial charge in [-0.05, 0) is 45.7 Å². The van der Waals surface area contributed by atoms with Crippen molar-refractivity contribution in [2.24, 2.45) is 5.92 Å². The van der Waals surface area contributed by atoms with Crippen molar-refractivity contribution in [1.82, 2.24) is 19.6 Å². The average molecular weight is 305 g/mol. The van der Waals surface area contributed by atoms with Gasteiger partial charge in [-0.25, -0.2) is 4.79 Å². The van der Waals surface area contributed by atoms with Crippen molar-refractivity contribution in [1.29, 1.82) is 0 Å². The third-order valence-corrected chi connectivity index (χ3v) is 4.91. The molecule has 0 radical (unpaired) electrons. The molecule has 2 aliphatic rings. The van der Waals surface area contributed by atoms with Crippen LogP contribution in [0.1, 0.15) is 32.1 Å². The Labute approximate surface area is 132 Å². The summed E-state index contributed by atoms with van der Waals surface area (Å²) >= 11 is 0. The number of aromatic nitrogens is 2. The fourth-order valence-corrected chi connectivity index (χ4v) is 3.74. The molecule has 1 aliphatic carbocycles. The molecule has 0 bridgehead atoms. The van der Waals surface area contributed by atoms with E-state index in [1.54, 1.807) is 0 Å². The van der Waals surface area contributed by atoms with Crippen molar-refractivity contribution in [3.8, 4) is 0 Å². The Kier molecular flexibility index (Phi) is 4.66. The maximum atomic E-state index is 12.5. The van der Waals surface area contributed by atoms with E-state index in [-0.39, 0.29) is 6.03 Å². The Morgan fingerprint density at radius 1 is 1.36 bits per heavy atom. The van der Waals surface area contributed by atoms with Gasteiger partial charge in [0.05, 0.1) is 6.54 Å². The second kappa shape index (κ2) is 6.69. The summed E-state index contributed by atoms with van der Waals surface area (Å²) < 4.78 is 1.88. The first-order valence-corrected chi connectivity index (χ1v) is 8.39. The van der Waals surface area contributed by atoms with E-state index >= 15 is 0 Å². The minimum absolute atomic E-state index is 0.0226. The molecule has 2 fully saturated rings. The van der Waals surface area contributed by atoms with Crippen LogP contribution in [-0.4, -0.2) is 58.8 Å². The zero-order chi connectivity index (χ0) is 15.5. The number of likely N-dealkylation sites (N-methyl/N-ethyl adjacent to an activating group) is 1. The summed E-state index contributed by atoms with van der Waals surface area (Å²) in [5.74, 6) is 1.38. The molecule has 1 aromatic rings. The van der Waals surface area contributed by atoms with Gasteiger partial charge in [-0.2, -0.15) is 5.10 Å². The Hall–Kier alpha value is -1.56. The second-order valence-electron chi connectivity index (χ2n) is 6.79. The fraction of sp³-hybridized carbons (Fsp3) is 0.750. The summed E-state index contributed by atoms with van der Waals surface area (Å²) in [6, 6.07) is 2.35. The minimum Gasteiger partial charge on any atom is -0.321 e. The number of piperidine rings is 1. The van der Waals surface area contributed by atoms with E-state index in [4.69, 9.17) is 0 Å². The van der Waals surface area contributed by atoms with Gasteiger partial charge in [0, 0.05) is 31.4 Å². The average Bonchev–Trinajstić information content (AvgIpc) is 3.13. The van der Waals surface area contributed by atoms with Crippen molar-refractivity contribution in [2.45, 2.75) is 44.7 Å². The van der Waals surface area contributed by atoms with Crippen molar-refractivity contribution in [2.75, 3.05) is 32.5 Å². The molecule has 0 aromatic carbocycles. The summed E-state index contributed by atoms with van der Waals surface area (Å²) in [6.45, 7) is 2.65. The maximum Gasteiger partial charge on any atom is 0.323 e. The van der Waals surface area contributed by atoms with Gasteiger partial charge in [0.1, 0.15) is 0 Å². The number of likely N-dealkylation sites (tertiary alicyclic amines) is 1. The molecule has 3 rings (SSSR count). The highest BCUT2D eigenvalue weighted by atomic mass is 16.2. The largest absolute Gasteiger partial charge is 0.323 e. The number of rotatable bonds is 4. The Bertz CT molecular complexity index is 512. The van der Waals surface area contributed by atoms with Crippen LogP contribution in [0, 0.1) is 5.92 Å². The number of hydrogen-bond donors (Lipinski definition) is 1. The molecule has 2 amide bonds. The zero-order valence-corrected chi connectivity index (χ0v) is 13.7. The first-order valence-electron chi connectivity index (χ1n) is 8.39. The first kappa shape index (κ1) is 15.3. The van der Waals surface area contributed by atoms with Crippen LogP contribution in [0.3, 0.4) is 0 Å². The number of carbonyl (C=O) groups is 1. The normalized spacial score (nSPS) is 24.6. The Morgan fingerprint density at radius 3 is 3.00 bits per heavy atom. The van der Waals surface area contributed by atoms with Gasteiger partial charge in [-0.15, -0.1) is 0 Å². The third kappa shape index (κ3) is 3.43. The quantitative estimate of drug-likeness (QED) is 0.928. The molecule has 6 nitrogen and oxygen atoms in total. The molecule has 2 heterocycles. The molecule has 2 atom stereocenters. The van der Waals surface area contributed by atoms with Crippen LogP contribution in [-0.2, 0) is 6.54 Å². The Morgan fingerprint density at radius 2 is 2.18 bits per heavy atom. The molecule has 1 N–H and O–H groups in total. The molecule has 6 heteroatoms. The van der Waals surface area contributed by atoms with Gasteiger partial charge >= 0.3 is 6.03 Å². The van der Waals surface area contributed by atoms with Crippen molar-refractivity contribution >= 4 is 11.8 Å². The monoisotopic (exact) mass is 305 g/mol. The van der Waals surface area contributed by atoms with E-state index in [2.05, 4.69) is 15.3 Å². The lowest BCUT2D eigenvalue weighted by atomic mass is 9.92. The summed E-state index contributed by atoms with van der Waals surface area (Å²) in [6.07, 6.45) is 8.05. The lowest BCUT2D eigenvalue weighted by molar-refractivity contribution is 0.138. The summed E-state index contributed by atoms with van der Waals surface area (Å²) in [5.41, 5.74) is 0. The predicted octanol–water partition coefficient (Wildman–Crippen LogP) is 2.24. The highest BCUT2D eigenvalue weighted by Gasteiger charge is 2.37. The maximum absolute atomic E-state index is 12.5. The number of hydrogen-bond acceptors (Lipinski definition) is 3. The highest BCUT2D eigenvalue weighted by molar-refractivity contribution is 5.88. The van der Waals surface area contributed by atoms with E-state index in [0.717, 1.165) is 38.4 Å². The molecule has 0 unspecified atom stereocenters. The molecule has 0 spiro atoms. The third-order valence-electron chi connectivity index (χ3n) is 4.91. The van der Waals surface area contributed by atoms with Gasteiger partial charge in [-0.3, -0.25) is 10.00 Å². The van der Waals surface area contributed by atoms with Gasteiger partial charge < -0.3 is 9.80 Å². The molecule has 122 valence electrons. The minimum atomic E-state index is 0.0226. The topological polar surface area (TPSA) is 53.4 Å².